The van der Waals surface area contributed by atoms with Crippen LogP contribution in [0.2, 0.25) is 0 Å². The highest BCUT2D eigenvalue weighted by atomic mass is 16.4. The molecule has 0 spiro atoms. The maximum Gasteiger partial charge on any atom is 0.304 e. The van der Waals surface area contributed by atoms with Gasteiger partial charge < -0.3 is 42.1 Å². The SMILES string of the molecule is CC[C@H](NC(=O)[C@H](CC(C)C)NC(=O)[C@@H](NC(=O)[C@@H](NC(=O)[C@H](CC(=O)O)CC(=O)[C@H](CCC(=O)O)NC(C)=O)C(C)C)C(C)C)C(=O)C(=O)NCCc1ccccc1. The second-order valence-corrected chi connectivity index (χ2v) is 15.6. The molecule has 0 aliphatic heterocycles. The molecule has 18 nitrogen and oxygen atoms in total. The van der Waals surface area contributed by atoms with Crippen LogP contribution in [0.25, 0.3) is 0 Å². The zero-order valence-corrected chi connectivity index (χ0v) is 35.2. The molecule has 328 valence electrons. The second-order valence-electron chi connectivity index (χ2n) is 15.6. The Kier molecular flexibility index (Phi) is 22.3. The second kappa shape index (κ2) is 25.6. The Balaban J connectivity index is 3.14. The van der Waals surface area contributed by atoms with Crippen LogP contribution in [0.5, 0.6) is 0 Å². The number of carboxylic acid groups (broad SMARTS) is 2. The summed E-state index contributed by atoms with van der Waals surface area (Å²) in [7, 11) is 0. The molecule has 6 atom stereocenters. The third-order valence-corrected chi connectivity index (χ3v) is 9.29. The van der Waals surface area contributed by atoms with E-state index in [9.17, 15) is 53.1 Å². The molecule has 1 aromatic carbocycles. The van der Waals surface area contributed by atoms with Crippen LogP contribution in [0.1, 0.15) is 99.5 Å². The van der Waals surface area contributed by atoms with Crippen LogP contribution in [0.15, 0.2) is 30.3 Å². The molecule has 0 bridgehead atoms. The van der Waals surface area contributed by atoms with Gasteiger partial charge in [0.15, 0.2) is 5.78 Å². The molecule has 0 unspecified atom stereocenters. The Labute approximate surface area is 345 Å². The first-order valence-electron chi connectivity index (χ1n) is 19.9. The Hall–Kier alpha value is -5.68. The minimum Gasteiger partial charge on any atom is -0.481 e. The Morgan fingerprint density at radius 1 is 0.627 bits per heavy atom. The minimum atomic E-state index is -1.51. The van der Waals surface area contributed by atoms with Crippen molar-refractivity contribution < 1.29 is 58.2 Å². The number of ketones is 2. The lowest BCUT2D eigenvalue weighted by molar-refractivity contribution is -0.143. The lowest BCUT2D eigenvalue weighted by Crippen LogP contribution is -2.60. The molecule has 0 aliphatic carbocycles. The predicted octanol–water partition coefficient (Wildman–Crippen LogP) is 1.04. The van der Waals surface area contributed by atoms with Gasteiger partial charge in [-0.1, -0.05) is 78.8 Å². The van der Waals surface area contributed by atoms with E-state index in [1.165, 1.54) is 0 Å². The molecule has 0 saturated heterocycles. The fourth-order valence-electron chi connectivity index (χ4n) is 6.06. The average Bonchev–Trinajstić information content (AvgIpc) is 3.14. The molecule has 0 aromatic heterocycles. The summed E-state index contributed by atoms with van der Waals surface area (Å²) in [4.78, 5) is 128. The fraction of sp³-hybridized carbons (Fsp3) is 0.610. The molecule has 1 aromatic rings. The van der Waals surface area contributed by atoms with Crippen molar-refractivity contribution in [3.8, 4) is 0 Å². The highest BCUT2D eigenvalue weighted by Crippen LogP contribution is 2.16. The molecular weight excluding hydrogens is 768 g/mol. The van der Waals surface area contributed by atoms with E-state index in [1.807, 2.05) is 44.2 Å². The van der Waals surface area contributed by atoms with Crippen molar-refractivity contribution in [2.24, 2.45) is 23.7 Å². The van der Waals surface area contributed by atoms with Crippen molar-refractivity contribution in [3.05, 3.63) is 35.9 Å². The maximum absolute atomic E-state index is 13.8. The van der Waals surface area contributed by atoms with Crippen molar-refractivity contribution in [1.82, 2.24) is 31.9 Å². The van der Waals surface area contributed by atoms with Crippen LogP contribution in [-0.2, 0) is 54.4 Å². The molecule has 0 heterocycles. The Bertz CT molecular complexity index is 1650. The maximum atomic E-state index is 13.8. The van der Waals surface area contributed by atoms with Gasteiger partial charge in [-0.2, -0.15) is 0 Å². The van der Waals surface area contributed by atoms with Gasteiger partial charge in [0.25, 0.3) is 5.91 Å². The average molecular weight is 831 g/mol. The lowest BCUT2D eigenvalue weighted by Gasteiger charge is -2.30. The largest absolute Gasteiger partial charge is 0.481 e. The molecule has 0 saturated carbocycles. The summed E-state index contributed by atoms with van der Waals surface area (Å²) >= 11 is 0. The molecule has 0 fully saturated rings. The Morgan fingerprint density at radius 2 is 1.17 bits per heavy atom. The van der Waals surface area contributed by atoms with E-state index >= 15 is 0 Å². The number of nitrogens with one attached hydrogen (secondary N) is 6. The van der Waals surface area contributed by atoms with Crippen LogP contribution in [-0.4, -0.2) is 106 Å². The summed E-state index contributed by atoms with van der Waals surface area (Å²) in [6.07, 6.45) is -1.57. The Morgan fingerprint density at radius 3 is 1.66 bits per heavy atom. The van der Waals surface area contributed by atoms with E-state index < -0.39 is 126 Å². The number of Topliss-reactive ketones (excluding diaryl/α,β-unsaturated/α-hetero) is 2. The quantitative estimate of drug-likeness (QED) is 0.0578. The number of carbonyl (C=O) groups excluding carboxylic acids is 8. The minimum absolute atomic E-state index is 0.0914. The molecule has 59 heavy (non-hydrogen) atoms. The van der Waals surface area contributed by atoms with Crippen LogP contribution in [0.4, 0.5) is 0 Å². The molecular formula is C41H62N6O12. The van der Waals surface area contributed by atoms with Gasteiger partial charge in [0, 0.05) is 26.3 Å². The topological polar surface area (TPSA) is 283 Å². The standard InChI is InChI=1S/C41H62N6O12/c1-9-28(36(54)41(59)42-18-17-26-13-11-10-12-14-26)44-38(56)30(19-22(2)3)45-39(57)34(23(4)5)47-40(58)35(24(6)7)46-37(55)27(21-33(52)53)20-31(49)29(43-25(8)48)15-16-32(50)51/h10-14,22-24,27-30,34-35H,9,15-21H2,1-8H3,(H,42,59)(H,43,48)(H,44,56)(H,45,57)(H,46,55)(H,47,58)(H,50,51)(H,52,53)/t27-,28-,29-,30-,34-,35-/m0/s1. The van der Waals surface area contributed by atoms with Crippen molar-refractivity contribution >= 4 is 58.9 Å². The van der Waals surface area contributed by atoms with Crippen LogP contribution in [0, 0.1) is 23.7 Å². The number of amides is 6. The zero-order valence-electron chi connectivity index (χ0n) is 35.2. The van der Waals surface area contributed by atoms with E-state index in [1.54, 1.807) is 34.6 Å². The number of benzene rings is 1. The monoisotopic (exact) mass is 830 g/mol. The normalized spacial score (nSPS) is 14.2. The third-order valence-electron chi connectivity index (χ3n) is 9.29. The van der Waals surface area contributed by atoms with Crippen molar-refractivity contribution in [2.45, 2.75) is 131 Å². The van der Waals surface area contributed by atoms with Crippen molar-refractivity contribution in [1.29, 1.82) is 0 Å². The number of hydrogen-bond donors (Lipinski definition) is 8. The first-order chi connectivity index (χ1) is 27.6. The molecule has 0 radical (unpaired) electrons. The molecule has 1 rings (SSSR count). The summed E-state index contributed by atoms with van der Waals surface area (Å²) in [5.74, 6) is -11.8. The number of aliphatic carboxylic acids is 2. The smallest absolute Gasteiger partial charge is 0.304 e. The first kappa shape index (κ1) is 51.3. The molecule has 6 amide bonds. The molecule has 18 heteroatoms. The van der Waals surface area contributed by atoms with E-state index in [-0.39, 0.29) is 31.7 Å². The van der Waals surface area contributed by atoms with Crippen LogP contribution >= 0.6 is 0 Å². The summed E-state index contributed by atoms with van der Waals surface area (Å²) in [5, 5.41) is 33.8. The lowest BCUT2D eigenvalue weighted by atomic mass is 9.92. The van der Waals surface area contributed by atoms with E-state index in [2.05, 4.69) is 31.9 Å². The van der Waals surface area contributed by atoms with Crippen molar-refractivity contribution in [3.63, 3.8) is 0 Å². The van der Waals surface area contributed by atoms with Crippen LogP contribution in [0.3, 0.4) is 0 Å². The van der Waals surface area contributed by atoms with Gasteiger partial charge in [-0.3, -0.25) is 47.9 Å². The van der Waals surface area contributed by atoms with Gasteiger partial charge in [-0.05, 0) is 49.0 Å². The van der Waals surface area contributed by atoms with Crippen LogP contribution < -0.4 is 31.9 Å². The van der Waals surface area contributed by atoms with Gasteiger partial charge in [-0.15, -0.1) is 0 Å². The summed E-state index contributed by atoms with van der Waals surface area (Å²) in [6.45, 7) is 13.0. The number of carboxylic acids is 2. The highest BCUT2D eigenvalue weighted by molar-refractivity contribution is 6.38. The number of hydrogen-bond acceptors (Lipinski definition) is 10. The number of rotatable bonds is 27. The predicted molar refractivity (Wildman–Crippen MR) is 215 cm³/mol. The summed E-state index contributed by atoms with van der Waals surface area (Å²) < 4.78 is 0. The highest BCUT2D eigenvalue weighted by Gasteiger charge is 2.36. The van der Waals surface area contributed by atoms with E-state index in [0.717, 1.165) is 12.5 Å². The molecule has 8 N–H and O–H groups in total. The fourth-order valence-corrected chi connectivity index (χ4v) is 6.06. The van der Waals surface area contributed by atoms with Gasteiger partial charge >= 0.3 is 11.9 Å². The van der Waals surface area contributed by atoms with E-state index in [0.29, 0.717) is 6.42 Å². The zero-order chi connectivity index (χ0) is 45.0. The molecule has 0 aliphatic rings. The summed E-state index contributed by atoms with van der Waals surface area (Å²) in [6, 6.07) is 3.13. The van der Waals surface area contributed by atoms with Gasteiger partial charge in [-0.25, -0.2) is 0 Å². The van der Waals surface area contributed by atoms with Gasteiger partial charge in [0.2, 0.25) is 35.3 Å². The van der Waals surface area contributed by atoms with Gasteiger partial charge in [0.05, 0.1) is 24.4 Å². The van der Waals surface area contributed by atoms with E-state index in [4.69, 9.17) is 5.11 Å². The van der Waals surface area contributed by atoms with Gasteiger partial charge in [0.1, 0.15) is 18.1 Å². The first-order valence-corrected chi connectivity index (χ1v) is 19.9. The summed E-state index contributed by atoms with van der Waals surface area (Å²) in [5.41, 5.74) is 0.965. The number of carbonyl (C=O) groups is 10. The van der Waals surface area contributed by atoms with Crippen molar-refractivity contribution in [2.75, 3.05) is 6.54 Å². The third kappa shape index (κ3) is 19.1.